The molecule has 2 aliphatic heterocycles. The lowest BCUT2D eigenvalue weighted by molar-refractivity contribution is -0.176. The van der Waals surface area contributed by atoms with Gasteiger partial charge in [0.1, 0.15) is 12.6 Å². The van der Waals surface area contributed by atoms with Crippen LogP contribution in [0.15, 0.2) is 24.3 Å². The van der Waals surface area contributed by atoms with Gasteiger partial charge in [-0.05, 0) is 24.5 Å². The molecule has 3 rings (SSSR count). The van der Waals surface area contributed by atoms with Gasteiger partial charge in [0.05, 0.1) is 11.5 Å². The third-order valence-electron chi connectivity index (χ3n) is 4.77. The van der Waals surface area contributed by atoms with Crippen LogP contribution in [-0.2, 0) is 27.5 Å². The summed E-state index contributed by atoms with van der Waals surface area (Å²) in [5.41, 5.74) is 1.45. The molecule has 0 aromatic heterocycles. The molecule has 2 atom stereocenters. The summed E-state index contributed by atoms with van der Waals surface area (Å²) in [6.45, 7) is 0.886. The molecular weight excluding hydrogens is 381 g/mol. The number of hydrogen-bond acceptors (Lipinski definition) is 4. The molecule has 2 heterocycles. The molecule has 1 N–H and O–H groups in total. The Bertz CT molecular complexity index is 711. The van der Waals surface area contributed by atoms with Crippen molar-refractivity contribution >= 4 is 23.6 Å². The first kappa shape index (κ1) is 20.0. The maximum atomic E-state index is 12.5. The Morgan fingerprint density at radius 1 is 1.33 bits per heavy atom. The molecule has 148 valence electrons. The molecule has 27 heavy (non-hydrogen) atoms. The summed E-state index contributed by atoms with van der Waals surface area (Å²) in [7, 11) is 0. The number of carbonyl (C=O) groups is 2. The lowest BCUT2D eigenvalue weighted by Gasteiger charge is -2.29. The van der Waals surface area contributed by atoms with Gasteiger partial charge in [-0.2, -0.15) is 13.2 Å². The molecular formula is C18H21F3N2O3S. The summed E-state index contributed by atoms with van der Waals surface area (Å²) in [6.07, 6.45) is -3.10. The fourth-order valence-electron chi connectivity index (χ4n) is 3.36. The number of thioether (sulfide) groups is 1. The number of benzene rings is 1. The average Bonchev–Trinajstić information content (AvgIpc) is 3.09. The number of fused-ring (bicyclic) bond motifs is 1. The standard InChI is InChI=1S/C18H21F3N2O3S/c1-17-7-6-15(24)23(17)14(10-27-17)16(25)22-8-12-2-4-13(5-3-12)9-26-11-18(19,20)21/h2-5,14H,6-11H2,1H3,(H,22,25)/t14-,17-/m0/s1. The minimum Gasteiger partial charge on any atom is -0.367 e. The van der Waals surface area contributed by atoms with E-state index in [1.807, 2.05) is 6.92 Å². The molecule has 9 heteroatoms. The topological polar surface area (TPSA) is 58.6 Å². The van der Waals surface area contributed by atoms with Crippen LogP contribution in [0.5, 0.6) is 0 Å². The van der Waals surface area contributed by atoms with Crippen LogP contribution in [0.1, 0.15) is 30.9 Å². The Morgan fingerprint density at radius 3 is 2.67 bits per heavy atom. The highest BCUT2D eigenvalue weighted by molar-refractivity contribution is 8.01. The number of hydrogen-bond donors (Lipinski definition) is 1. The van der Waals surface area contributed by atoms with Crippen LogP contribution < -0.4 is 5.32 Å². The number of carbonyl (C=O) groups excluding carboxylic acids is 2. The van der Waals surface area contributed by atoms with Gasteiger partial charge in [-0.25, -0.2) is 0 Å². The molecule has 2 fully saturated rings. The zero-order valence-electron chi connectivity index (χ0n) is 14.8. The van der Waals surface area contributed by atoms with Crippen molar-refractivity contribution < 1.29 is 27.5 Å². The van der Waals surface area contributed by atoms with Crippen molar-refractivity contribution in [3.63, 3.8) is 0 Å². The second-order valence-corrected chi connectivity index (χ2v) is 8.41. The number of rotatable bonds is 6. The summed E-state index contributed by atoms with van der Waals surface area (Å²) in [5, 5.41) is 2.85. The van der Waals surface area contributed by atoms with Crippen molar-refractivity contribution in [2.45, 2.75) is 50.0 Å². The predicted molar refractivity (Wildman–Crippen MR) is 94.7 cm³/mol. The highest BCUT2D eigenvalue weighted by atomic mass is 32.2. The van der Waals surface area contributed by atoms with Crippen LogP contribution in [0.3, 0.4) is 0 Å². The van der Waals surface area contributed by atoms with Crippen molar-refractivity contribution in [1.29, 1.82) is 0 Å². The number of nitrogens with zero attached hydrogens (tertiary/aromatic N) is 1. The van der Waals surface area contributed by atoms with Crippen LogP contribution >= 0.6 is 11.8 Å². The van der Waals surface area contributed by atoms with E-state index in [9.17, 15) is 22.8 Å². The summed E-state index contributed by atoms with van der Waals surface area (Å²) >= 11 is 1.64. The lowest BCUT2D eigenvalue weighted by atomic mass is 10.1. The molecule has 2 amide bonds. The van der Waals surface area contributed by atoms with E-state index in [1.54, 1.807) is 40.9 Å². The van der Waals surface area contributed by atoms with Crippen LogP contribution in [0, 0.1) is 0 Å². The van der Waals surface area contributed by atoms with Gasteiger partial charge in [0, 0.05) is 18.7 Å². The minimum atomic E-state index is -4.34. The van der Waals surface area contributed by atoms with E-state index in [4.69, 9.17) is 0 Å². The Morgan fingerprint density at radius 2 is 2.00 bits per heavy atom. The van der Waals surface area contributed by atoms with E-state index in [-0.39, 0.29) is 23.3 Å². The van der Waals surface area contributed by atoms with E-state index in [0.29, 0.717) is 24.3 Å². The molecule has 5 nitrogen and oxygen atoms in total. The van der Waals surface area contributed by atoms with Gasteiger partial charge < -0.3 is 15.0 Å². The molecule has 0 saturated carbocycles. The van der Waals surface area contributed by atoms with E-state index in [2.05, 4.69) is 10.1 Å². The monoisotopic (exact) mass is 402 g/mol. The van der Waals surface area contributed by atoms with Crippen LogP contribution in [0.25, 0.3) is 0 Å². The van der Waals surface area contributed by atoms with Crippen LogP contribution in [0.4, 0.5) is 13.2 Å². The Balaban J connectivity index is 1.49. The molecule has 1 aromatic carbocycles. The highest BCUT2D eigenvalue weighted by Gasteiger charge is 2.52. The number of amides is 2. The van der Waals surface area contributed by atoms with E-state index >= 15 is 0 Å². The summed E-state index contributed by atoms with van der Waals surface area (Å²) in [5.74, 6) is 0.425. The molecule has 1 aromatic rings. The highest BCUT2D eigenvalue weighted by Crippen LogP contribution is 2.47. The van der Waals surface area contributed by atoms with Crippen molar-refractivity contribution in [2.24, 2.45) is 0 Å². The third-order valence-corrected chi connectivity index (χ3v) is 6.28. The summed E-state index contributed by atoms with van der Waals surface area (Å²) in [4.78, 5) is 26.0. The van der Waals surface area contributed by atoms with Crippen molar-refractivity contribution in [3.8, 4) is 0 Å². The Kier molecular flexibility index (Phi) is 5.71. The number of ether oxygens (including phenoxy) is 1. The largest absolute Gasteiger partial charge is 0.411 e. The van der Waals surface area contributed by atoms with Crippen LogP contribution in [-0.4, -0.2) is 46.2 Å². The molecule has 0 radical (unpaired) electrons. The van der Waals surface area contributed by atoms with E-state index in [0.717, 1.165) is 12.0 Å². The van der Waals surface area contributed by atoms with Crippen LogP contribution in [0.2, 0.25) is 0 Å². The number of halogens is 3. The predicted octanol–water partition coefficient (Wildman–Crippen LogP) is 2.84. The van der Waals surface area contributed by atoms with Gasteiger partial charge in [0.2, 0.25) is 11.8 Å². The first-order valence-corrected chi connectivity index (χ1v) is 9.63. The third kappa shape index (κ3) is 4.76. The smallest absolute Gasteiger partial charge is 0.367 e. The van der Waals surface area contributed by atoms with Crippen molar-refractivity contribution in [3.05, 3.63) is 35.4 Å². The first-order valence-electron chi connectivity index (χ1n) is 8.64. The SMILES string of the molecule is C[C@]12CCC(=O)N1[C@H](C(=O)NCc1ccc(COCC(F)(F)F)cc1)CS2. The first-order chi connectivity index (χ1) is 12.7. The summed E-state index contributed by atoms with van der Waals surface area (Å²) < 4.78 is 40.8. The quantitative estimate of drug-likeness (QED) is 0.795. The van der Waals surface area contributed by atoms with Crippen molar-refractivity contribution in [2.75, 3.05) is 12.4 Å². The second kappa shape index (κ2) is 7.71. The van der Waals surface area contributed by atoms with Crippen molar-refractivity contribution in [1.82, 2.24) is 10.2 Å². The van der Waals surface area contributed by atoms with Gasteiger partial charge in [0.15, 0.2) is 0 Å². The van der Waals surface area contributed by atoms with E-state index < -0.39 is 18.8 Å². The van der Waals surface area contributed by atoms with Gasteiger partial charge in [-0.15, -0.1) is 11.8 Å². The molecule has 0 unspecified atom stereocenters. The molecule has 0 spiro atoms. The zero-order chi connectivity index (χ0) is 19.7. The van der Waals surface area contributed by atoms with E-state index in [1.165, 1.54) is 0 Å². The van der Waals surface area contributed by atoms with Gasteiger partial charge in [-0.3, -0.25) is 9.59 Å². The molecule has 2 saturated heterocycles. The fraction of sp³-hybridized carbons (Fsp3) is 0.556. The lowest BCUT2D eigenvalue weighted by Crippen LogP contribution is -2.49. The number of alkyl halides is 3. The molecule has 0 bridgehead atoms. The molecule has 0 aliphatic carbocycles. The fourth-order valence-corrected chi connectivity index (χ4v) is 4.79. The van der Waals surface area contributed by atoms with Gasteiger partial charge in [0.25, 0.3) is 0 Å². The Labute approximate surface area is 159 Å². The Hall–Kier alpha value is -1.74. The molecule has 2 aliphatic rings. The van der Waals surface area contributed by atoms with Gasteiger partial charge in [-0.1, -0.05) is 24.3 Å². The average molecular weight is 402 g/mol. The maximum Gasteiger partial charge on any atom is 0.411 e. The summed E-state index contributed by atoms with van der Waals surface area (Å²) in [6, 6.07) is 6.36. The number of nitrogens with one attached hydrogen (secondary N) is 1. The van der Waals surface area contributed by atoms with Gasteiger partial charge >= 0.3 is 6.18 Å². The normalized spacial score (nSPS) is 25.0. The zero-order valence-corrected chi connectivity index (χ0v) is 15.7. The maximum absolute atomic E-state index is 12.5. The minimum absolute atomic E-state index is 0.0193. The second-order valence-electron chi connectivity index (χ2n) is 6.91.